The lowest BCUT2D eigenvalue weighted by atomic mass is 10.3. The molecule has 0 aromatic heterocycles. The lowest BCUT2D eigenvalue weighted by Gasteiger charge is -2.15. The Labute approximate surface area is 124 Å². The van der Waals surface area contributed by atoms with Crippen LogP contribution in [0.25, 0.3) is 0 Å². The topological polar surface area (TPSA) is 66.5 Å². The van der Waals surface area contributed by atoms with Crippen molar-refractivity contribution in [3.05, 3.63) is 0 Å². The summed E-state index contributed by atoms with van der Waals surface area (Å²) in [6, 6.07) is 0. The van der Waals surface area contributed by atoms with Gasteiger partial charge in [0.25, 0.3) is 0 Å². The van der Waals surface area contributed by atoms with E-state index in [0.29, 0.717) is 12.5 Å². The van der Waals surface area contributed by atoms with Gasteiger partial charge in [-0.2, -0.15) is 0 Å². The van der Waals surface area contributed by atoms with E-state index >= 15 is 0 Å². The second-order valence-corrected chi connectivity index (χ2v) is 6.64. The van der Waals surface area contributed by atoms with Crippen molar-refractivity contribution in [2.24, 2.45) is 5.92 Å². The molecule has 6 heteroatoms. The highest BCUT2D eigenvalue weighted by molar-refractivity contribution is 8.00. The summed E-state index contributed by atoms with van der Waals surface area (Å²) in [7, 11) is 0. The van der Waals surface area contributed by atoms with Gasteiger partial charge in [-0.05, 0) is 18.1 Å². The molecule has 0 radical (unpaired) electrons. The highest BCUT2D eigenvalue weighted by Gasteiger charge is 2.38. The predicted molar refractivity (Wildman–Crippen MR) is 80.3 cm³/mol. The Morgan fingerprint density at radius 3 is 2.75 bits per heavy atom. The number of amides is 3. The summed E-state index contributed by atoms with van der Waals surface area (Å²) in [4.78, 5) is 36.7. The smallest absolute Gasteiger partial charge is 0.242 e. The summed E-state index contributed by atoms with van der Waals surface area (Å²) in [5.41, 5.74) is 0. The van der Waals surface area contributed by atoms with Crippen LogP contribution in [-0.4, -0.2) is 46.7 Å². The van der Waals surface area contributed by atoms with Gasteiger partial charge in [-0.1, -0.05) is 20.8 Å². The number of likely N-dealkylation sites (tertiary alicyclic amines) is 1. The van der Waals surface area contributed by atoms with E-state index in [1.165, 1.54) is 4.90 Å². The quantitative estimate of drug-likeness (QED) is 0.689. The van der Waals surface area contributed by atoms with Crippen molar-refractivity contribution in [3.63, 3.8) is 0 Å². The minimum absolute atomic E-state index is 0.106. The summed E-state index contributed by atoms with van der Waals surface area (Å²) in [6.07, 6.45) is 1.34. The Hall–Kier alpha value is -1.04. The Balaban J connectivity index is 2.40. The van der Waals surface area contributed by atoms with Crippen LogP contribution in [0.2, 0.25) is 0 Å². The maximum atomic E-state index is 12.1. The number of carbonyl (C=O) groups excluding carboxylic acids is 3. The lowest BCUT2D eigenvalue weighted by molar-refractivity contribution is -0.138. The van der Waals surface area contributed by atoms with Crippen molar-refractivity contribution in [3.8, 4) is 0 Å². The first-order valence-electron chi connectivity index (χ1n) is 7.18. The lowest BCUT2D eigenvalue weighted by Crippen LogP contribution is -2.35. The fourth-order valence-electron chi connectivity index (χ4n) is 1.89. The van der Waals surface area contributed by atoms with Crippen molar-refractivity contribution in [1.29, 1.82) is 0 Å². The Morgan fingerprint density at radius 2 is 2.15 bits per heavy atom. The molecule has 0 spiro atoms. The third kappa shape index (κ3) is 5.15. The molecular formula is C14H24N2O3S. The predicted octanol–water partition coefficient (Wildman–Crippen LogP) is 1.42. The molecule has 3 amide bonds. The van der Waals surface area contributed by atoms with Gasteiger partial charge in [0.15, 0.2) is 0 Å². The molecule has 0 aliphatic carbocycles. The SMILES string of the molecule is CCCNC(=O)CCN1C(=O)CC(SCC(C)C)C1=O. The summed E-state index contributed by atoms with van der Waals surface area (Å²) in [5.74, 6) is 0.972. The van der Waals surface area contributed by atoms with Gasteiger partial charge < -0.3 is 5.32 Å². The molecule has 0 aromatic carbocycles. The standard InChI is InChI=1S/C14H24N2O3S/c1-4-6-15-12(17)5-7-16-13(18)8-11(14(16)19)20-9-10(2)3/h10-11H,4-9H2,1-3H3,(H,15,17). The van der Waals surface area contributed by atoms with Gasteiger partial charge in [0, 0.05) is 25.9 Å². The van der Waals surface area contributed by atoms with E-state index in [1.54, 1.807) is 11.8 Å². The molecule has 1 aliphatic heterocycles. The average molecular weight is 300 g/mol. The zero-order valence-corrected chi connectivity index (χ0v) is 13.3. The van der Waals surface area contributed by atoms with Crippen molar-refractivity contribution >= 4 is 29.5 Å². The first-order valence-corrected chi connectivity index (χ1v) is 8.23. The van der Waals surface area contributed by atoms with Crippen LogP contribution in [0.4, 0.5) is 0 Å². The number of nitrogens with zero attached hydrogens (tertiary/aromatic N) is 1. The van der Waals surface area contributed by atoms with Gasteiger partial charge >= 0.3 is 0 Å². The maximum absolute atomic E-state index is 12.1. The third-order valence-electron chi connectivity index (χ3n) is 2.97. The van der Waals surface area contributed by atoms with Gasteiger partial charge in [0.2, 0.25) is 17.7 Å². The number of thioether (sulfide) groups is 1. The summed E-state index contributed by atoms with van der Waals surface area (Å²) in [6.45, 7) is 6.98. The van der Waals surface area contributed by atoms with E-state index in [9.17, 15) is 14.4 Å². The molecule has 1 fully saturated rings. The molecule has 1 aliphatic rings. The Morgan fingerprint density at radius 1 is 1.45 bits per heavy atom. The Kier molecular flexibility index (Phi) is 7.05. The molecule has 1 rings (SSSR count). The third-order valence-corrected chi connectivity index (χ3v) is 4.60. The van der Waals surface area contributed by atoms with Gasteiger partial charge in [-0.15, -0.1) is 11.8 Å². The van der Waals surface area contributed by atoms with Gasteiger partial charge in [-0.25, -0.2) is 0 Å². The molecule has 5 nitrogen and oxygen atoms in total. The summed E-state index contributed by atoms with van der Waals surface area (Å²) in [5, 5.41) is 2.48. The molecule has 1 N–H and O–H groups in total. The van der Waals surface area contributed by atoms with Crippen molar-refractivity contribution in [1.82, 2.24) is 10.2 Å². The largest absolute Gasteiger partial charge is 0.356 e. The van der Waals surface area contributed by atoms with Crippen LogP contribution in [0.1, 0.15) is 40.0 Å². The van der Waals surface area contributed by atoms with E-state index in [0.717, 1.165) is 12.2 Å². The zero-order valence-electron chi connectivity index (χ0n) is 12.5. The van der Waals surface area contributed by atoms with E-state index in [1.807, 2.05) is 6.92 Å². The minimum atomic E-state index is -0.261. The van der Waals surface area contributed by atoms with Gasteiger partial charge in [-0.3, -0.25) is 19.3 Å². The molecule has 0 saturated carbocycles. The van der Waals surface area contributed by atoms with E-state index in [-0.39, 0.29) is 42.4 Å². The molecule has 1 unspecified atom stereocenters. The number of rotatable bonds is 8. The van der Waals surface area contributed by atoms with Crippen molar-refractivity contribution in [2.75, 3.05) is 18.8 Å². The molecular weight excluding hydrogens is 276 g/mol. The molecule has 1 heterocycles. The number of hydrogen-bond donors (Lipinski definition) is 1. The van der Waals surface area contributed by atoms with E-state index < -0.39 is 0 Å². The molecule has 1 saturated heterocycles. The summed E-state index contributed by atoms with van der Waals surface area (Å²) < 4.78 is 0. The number of imide groups is 1. The van der Waals surface area contributed by atoms with Crippen molar-refractivity contribution in [2.45, 2.75) is 45.3 Å². The monoisotopic (exact) mass is 300 g/mol. The van der Waals surface area contributed by atoms with Crippen LogP contribution in [-0.2, 0) is 14.4 Å². The van der Waals surface area contributed by atoms with Crippen LogP contribution in [0.5, 0.6) is 0 Å². The zero-order chi connectivity index (χ0) is 15.1. The minimum Gasteiger partial charge on any atom is -0.356 e. The summed E-state index contributed by atoms with van der Waals surface area (Å²) >= 11 is 1.54. The van der Waals surface area contributed by atoms with E-state index in [4.69, 9.17) is 0 Å². The first kappa shape index (κ1) is 17.0. The number of nitrogens with one attached hydrogen (secondary N) is 1. The maximum Gasteiger partial charge on any atom is 0.242 e. The normalized spacial score (nSPS) is 19.0. The van der Waals surface area contributed by atoms with Gasteiger partial charge in [0.05, 0.1) is 5.25 Å². The molecule has 114 valence electrons. The second kappa shape index (κ2) is 8.29. The fourth-order valence-corrected chi connectivity index (χ4v) is 3.04. The molecule has 20 heavy (non-hydrogen) atoms. The molecule has 1 atom stereocenters. The van der Waals surface area contributed by atoms with Gasteiger partial charge in [0.1, 0.15) is 0 Å². The molecule has 0 bridgehead atoms. The average Bonchev–Trinajstić information content (AvgIpc) is 2.66. The number of hydrogen-bond acceptors (Lipinski definition) is 4. The Bertz CT molecular complexity index is 371. The highest BCUT2D eigenvalue weighted by Crippen LogP contribution is 2.26. The van der Waals surface area contributed by atoms with Crippen LogP contribution in [0.15, 0.2) is 0 Å². The van der Waals surface area contributed by atoms with Crippen molar-refractivity contribution < 1.29 is 14.4 Å². The molecule has 0 aromatic rings. The first-order chi connectivity index (χ1) is 9.45. The van der Waals surface area contributed by atoms with Crippen LogP contribution < -0.4 is 5.32 Å². The number of carbonyl (C=O) groups is 3. The second-order valence-electron chi connectivity index (χ2n) is 5.40. The fraction of sp³-hybridized carbons (Fsp3) is 0.786. The van der Waals surface area contributed by atoms with Crippen LogP contribution >= 0.6 is 11.8 Å². The van der Waals surface area contributed by atoms with Crippen LogP contribution in [0.3, 0.4) is 0 Å². The van der Waals surface area contributed by atoms with Crippen LogP contribution in [0, 0.1) is 5.92 Å². The highest BCUT2D eigenvalue weighted by atomic mass is 32.2. The van der Waals surface area contributed by atoms with E-state index in [2.05, 4.69) is 19.2 Å².